The highest BCUT2D eigenvalue weighted by Crippen LogP contribution is 2.12. The second-order valence-electron chi connectivity index (χ2n) is 4.28. The molecular weight excluding hydrogens is 317 g/mol. The van der Waals surface area contributed by atoms with Gasteiger partial charge >= 0.3 is 0 Å². The van der Waals surface area contributed by atoms with E-state index < -0.39 is 0 Å². The molecule has 4 nitrogen and oxygen atoms in total. The summed E-state index contributed by atoms with van der Waals surface area (Å²) in [5.74, 6) is 1.38. The molecule has 0 aliphatic carbocycles. The third-order valence-electron chi connectivity index (χ3n) is 3.04. The van der Waals surface area contributed by atoms with Crippen LogP contribution in [0.1, 0.15) is 18.7 Å². The Morgan fingerprint density at radius 2 is 2.50 bits per heavy atom. The molecule has 1 aliphatic heterocycles. The minimum atomic E-state index is 0.0960. The second kappa shape index (κ2) is 5.27. The molecule has 1 atom stereocenters. The van der Waals surface area contributed by atoms with Gasteiger partial charge in [-0.2, -0.15) is 0 Å². The minimum Gasteiger partial charge on any atom is -0.316 e. The van der Waals surface area contributed by atoms with Crippen LogP contribution in [0, 0.1) is 16.4 Å². The molecular formula is C11H16IN3O. The van der Waals surface area contributed by atoms with E-state index in [4.69, 9.17) is 0 Å². The number of piperidine rings is 1. The minimum absolute atomic E-state index is 0.0960. The Hall–Kier alpha value is -0.430. The fraction of sp³-hybridized carbons (Fsp3) is 0.636. The Morgan fingerprint density at radius 1 is 1.69 bits per heavy atom. The van der Waals surface area contributed by atoms with E-state index in [2.05, 4.69) is 10.3 Å². The number of nitrogens with one attached hydrogen (secondary N) is 1. The quantitative estimate of drug-likeness (QED) is 0.826. The lowest BCUT2D eigenvalue weighted by molar-refractivity contribution is 0.329. The lowest BCUT2D eigenvalue weighted by Gasteiger charge is -2.24. The number of aromatic nitrogens is 2. The first-order valence-corrected chi connectivity index (χ1v) is 6.69. The van der Waals surface area contributed by atoms with Gasteiger partial charge in [-0.15, -0.1) is 0 Å². The van der Waals surface area contributed by atoms with Gasteiger partial charge in [0.25, 0.3) is 5.56 Å². The molecule has 0 spiro atoms. The highest BCUT2D eigenvalue weighted by molar-refractivity contribution is 14.1. The summed E-state index contributed by atoms with van der Waals surface area (Å²) in [6.45, 7) is 4.81. The maximum absolute atomic E-state index is 12.0. The standard InChI is InChI=1S/C11H16IN3O/c1-8-14-6-10(12)11(16)15(8)7-9-3-2-4-13-5-9/h6,9,13H,2-5,7H2,1H3. The van der Waals surface area contributed by atoms with E-state index in [1.807, 2.05) is 29.5 Å². The molecule has 16 heavy (non-hydrogen) atoms. The third kappa shape index (κ3) is 2.63. The van der Waals surface area contributed by atoms with E-state index >= 15 is 0 Å². The average molecular weight is 333 g/mol. The molecule has 2 heterocycles. The second-order valence-corrected chi connectivity index (χ2v) is 5.44. The first-order valence-electron chi connectivity index (χ1n) is 5.61. The lowest BCUT2D eigenvalue weighted by atomic mass is 9.99. The van der Waals surface area contributed by atoms with E-state index in [1.54, 1.807) is 10.8 Å². The van der Waals surface area contributed by atoms with Crippen LogP contribution >= 0.6 is 22.6 Å². The van der Waals surface area contributed by atoms with Crippen molar-refractivity contribution < 1.29 is 0 Å². The maximum Gasteiger partial charge on any atom is 0.266 e. The SMILES string of the molecule is Cc1ncc(I)c(=O)n1CC1CCCNC1. The van der Waals surface area contributed by atoms with Crippen molar-refractivity contribution in [3.05, 3.63) is 25.9 Å². The molecule has 5 heteroatoms. The number of halogens is 1. The van der Waals surface area contributed by atoms with E-state index in [0.29, 0.717) is 9.49 Å². The Kier molecular flexibility index (Phi) is 3.96. The first-order chi connectivity index (χ1) is 7.68. The van der Waals surface area contributed by atoms with Crippen molar-refractivity contribution in [3.8, 4) is 0 Å². The Labute approximate surface area is 109 Å². The van der Waals surface area contributed by atoms with Crippen molar-refractivity contribution in [2.24, 2.45) is 5.92 Å². The van der Waals surface area contributed by atoms with E-state index in [-0.39, 0.29) is 5.56 Å². The summed E-state index contributed by atoms with van der Waals surface area (Å²) in [7, 11) is 0. The number of hydrogen-bond donors (Lipinski definition) is 1. The summed E-state index contributed by atoms with van der Waals surface area (Å²) in [6.07, 6.45) is 4.05. The molecule has 0 saturated carbocycles. The molecule has 1 unspecified atom stereocenters. The van der Waals surface area contributed by atoms with Crippen molar-refractivity contribution >= 4 is 22.6 Å². The van der Waals surface area contributed by atoms with Crippen molar-refractivity contribution in [1.29, 1.82) is 0 Å². The predicted molar refractivity (Wildman–Crippen MR) is 71.5 cm³/mol. The molecule has 1 fully saturated rings. The van der Waals surface area contributed by atoms with Crippen LogP contribution in [0.3, 0.4) is 0 Å². The van der Waals surface area contributed by atoms with Gasteiger partial charge < -0.3 is 5.32 Å². The molecule has 2 rings (SSSR count). The maximum atomic E-state index is 12.0. The van der Waals surface area contributed by atoms with Crippen molar-refractivity contribution in [2.45, 2.75) is 26.3 Å². The zero-order valence-electron chi connectivity index (χ0n) is 9.37. The molecule has 88 valence electrons. The molecule has 0 bridgehead atoms. The molecule has 1 aromatic rings. The summed E-state index contributed by atoms with van der Waals surface area (Å²) >= 11 is 2.05. The molecule has 0 amide bonds. The van der Waals surface area contributed by atoms with Crippen molar-refractivity contribution in [3.63, 3.8) is 0 Å². The van der Waals surface area contributed by atoms with Gasteiger partial charge in [-0.1, -0.05) is 0 Å². The van der Waals surface area contributed by atoms with Gasteiger partial charge in [0.1, 0.15) is 5.82 Å². The van der Waals surface area contributed by atoms with Gasteiger partial charge in [-0.05, 0) is 61.4 Å². The number of aryl methyl sites for hydroxylation is 1. The number of rotatable bonds is 2. The first kappa shape index (κ1) is 12.0. The monoisotopic (exact) mass is 333 g/mol. The van der Waals surface area contributed by atoms with Gasteiger partial charge in [0.2, 0.25) is 0 Å². The van der Waals surface area contributed by atoms with Crippen LogP contribution in [-0.4, -0.2) is 22.6 Å². The summed E-state index contributed by atoms with van der Waals surface area (Å²) in [4.78, 5) is 16.2. The van der Waals surface area contributed by atoms with Crippen LogP contribution in [0.15, 0.2) is 11.0 Å². The third-order valence-corrected chi connectivity index (χ3v) is 3.78. The van der Waals surface area contributed by atoms with Gasteiger partial charge in [0.15, 0.2) is 0 Å². The fourth-order valence-corrected chi connectivity index (χ4v) is 2.53. The zero-order valence-corrected chi connectivity index (χ0v) is 11.5. The van der Waals surface area contributed by atoms with Gasteiger partial charge in [0.05, 0.1) is 3.57 Å². The van der Waals surface area contributed by atoms with E-state index in [1.165, 1.54) is 12.8 Å². The van der Waals surface area contributed by atoms with Crippen LogP contribution in [0.2, 0.25) is 0 Å². The van der Waals surface area contributed by atoms with E-state index in [0.717, 1.165) is 25.5 Å². The summed E-state index contributed by atoms with van der Waals surface area (Å²) in [5, 5.41) is 3.37. The zero-order chi connectivity index (χ0) is 11.5. The van der Waals surface area contributed by atoms with Crippen LogP contribution in [0.4, 0.5) is 0 Å². The summed E-state index contributed by atoms with van der Waals surface area (Å²) in [6, 6.07) is 0. The molecule has 1 aliphatic rings. The largest absolute Gasteiger partial charge is 0.316 e. The lowest BCUT2D eigenvalue weighted by Crippen LogP contribution is -2.36. The number of hydrogen-bond acceptors (Lipinski definition) is 3. The van der Waals surface area contributed by atoms with Crippen LogP contribution in [0.5, 0.6) is 0 Å². The average Bonchev–Trinajstić information content (AvgIpc) is 2.31. The molecule has 0 radical (unpaired) electrons. The molecule has 1 aromatic heterocycles. The molecule has 1 N–H and O–H groups in total. The van der Waals surface area contributed by atoms with Crippen LogP contribution in [-0.2, 0) is 6.54 Å². The summed E-state index contributed by atoms with van der Waals surface area (Å²) in [5.41, 5.74) is 0.0960. The number of nitrogens with zero attached hydrogens (tertiary/aromatic N) is 2. The van der Waals surface area contributed by atoms with Crippen molar-refractivity contribution in [1.82, 2.24) is 14.9 Å². The predicted octanol–water partition coefficient (Wildman–Crippen LogP) is 1.16. The Morgan fingerprint density at radius 3 is 3.19 bits per heavy atom. The van der Waals surface area contributed by atoms with Gasteiger partial charge in [-0.3, -0.25) is 9.36 Å². The highest BCUT2D eigenvalue weighted by atomic mass is 127. The Balaban J connectivity index is 2.20. The van der Waals surface area contributed by atoms with Gasteiger partial charge in [-0.25, -0.2) is 4.98 Å². The topological polar surface area (TPSA) is 46.9 Å². The van der Waals surface area contributed by atoms with Crippen LogP contribution < -0.4 is 10.9 Å². The van der Waals surface area contributed by atoms with E-state index in [9.17, 15) is 4.79 Å². The molecule has 1 saturated heterocycles. The van der Waals surface area contributed by atoms with Gasteiger partial charge in [0, 0.05) is 12.7 Å². The van der Waals surface area contributed by atoms with Crippen LogP contribution in [0.25, 0.3) is 0 Å². The highest BCUT2D eigenvalue weighted by Gasteiger charge is 2.15. The smallest absolute Gasteiger partial charge is 0.266 e. The summed E-state index contributed by atoms with van der Waals surface area (Å²) < 4.78 is 2.51. The van der Waals surface area contributed by atoms with Crippen molar-refractivity contribution in [2.75, 3.05) is 13.1 Å². The normalized spacial score (nSPS) is 21.0. The fourth-order valence-electron chi connectivity index (χ4n) is 2.10. The Bertz CT molecular complexity index is 424. The molecule has 0 aromatic carbocycles.